The molecule has 0 unspecified atom stereocenters. The van der Waals surface area contributed by atoms with Crippen LogP contribution in [0.4, 0.5) is 19.3 Å². The number of carboxylic acid groups (broad SMARTS) is 1. The highest BCUT2D eigenvalue weighted by atomic mass is 19.3. The van der Waals surface area contributed by atoms with E-state index in [1.165, 1.54) is 24.3 Å². The van der Waals surface area contributed by atoms with Crippen molar-refractivity contribution in [1.29, 1.82) is 0 Å². The number of urea groups is 1. The van der Waals surface area contributed by atoms with Gasteiger partial charge in [0.15, 0.2) is 6.04 Å². The molecule has 9 heteroatoms. The van der Waals surface area contributed by atoms with Crippen LogP contribution in [-0.4, -0.2) is 41.5 Å². The summed E-state index contributed by atoms with van der Waals surface area (Å²) in [5.41, 5.74) is 0.242. The van der Waals surface area contributed by atoms with Gasteiger partial charge in [0.05, 0.1) is 6.61 Å². The summed E-state index contributed by atoms with van der Waals surface area (Å²) in [5, 5.41) is 21.6. The average Bonchev–Trinajstić information content (AvgIpc) is 2.37. The maximum atomic E-state index is 11.9. The van der Waals surface area contributed by atoms with E-state index < -0.39 is 31.3 Å². The largest absolute Gasteiger partial charge is 0.480 e. The van der Waals surface area contributed by atoms with Gasteiger partial charge >= 0.3 is 18.6 Å². The summed E-state index contributed by atoms with van der Waals surface area (Å²) >= 11 is 0. The smallest absolute Gasteiger partial charge is 0.387 e. The van der Waals surface area contributed by atoms with Gasteiger partial charge in [-0.2, -0.15) is 8.78 Å². The lowest BCUT2D eigenvalue weighted by Gasteiger charge is -2.13. The molecule has 0 heterocycles. The Morgan fingerprint density at radius 3 is 2.30 bits per heavy atom. The van der Waals surface area contributed by atoms with Gasteiger partial charge in [-0.05, 0) is 24.3 Å². The summed E-state index contributed by atoms with van der Waals surface area (Å²) in [6.07, 6.45) is 0. The van der Waals surface area contributed by atoms with Crippen LogP contribution in [0.25, 0.3) is 0 Å². The lowest BCUT2D eigenvalue weighted by atomic mass is 10.3. The van der Waals surface area contributed by atoms with Gasteiger partial charge in [0.2, 0.25) is 0 Å². The standard InChI is InChI=1S/C11H12F2N2O5/c12-10(13)20-7-3-1-6(2-4-7)14-11(19)15-8(5-16)9(17)18/h1-4,8,10,16H,5H2,(H,17,18)(H2,14,15,19)/t8-/m1/s1. The first-order valence-electron chi connectivity index (χ1n) is 5.38. The van der Waals surface area contributed by atoms with E-state index in [1.54, 1.807) is 0 Å². The fraction of sp³-hybridized carbons (Fsp3) is 0.273. The number of aliphatic hydroxyl groups is 1. The normalized spacial score (nSPS) is 11.8. The fourth-order valence-corrected chi connectivity index (χ4v) is 1.23. The molecule has 0 aliphatic heterocycles. The predicted octanol–water partition coefficient (Wildman–Crippen LogP) is 0.855. The first-order valence-corrected chi connectivity index (χ1v) is 5.38. The molecule has 1 aromatic rings. The summed E-state index contributed by atoms with van der Waals surface area (Å²) in [5.74, 6) is -1.46. The molecule has 7 nitrogen and oxygen atoms in total. The van der Waals surface area contributed by atoms with E-state index in [2.05, 4.69) is 10.1 Å². The number of anilines is 1. The zero-order valence-corrected chi connectivity index (χ0v) is 10.0. The maximum Gasteiger partial charge on any atom is 0.387 e. The van der Waals surface area contributed by atoms with Crippen molar-refractivity contribution in [3.8, 4) is 5.75 Å². The van der Waals surface area contributed by atoms with Gasteiger partial charge in [0.1, 0.15) is 5.75 Å². The summed E-state index contributed by atoms with van der Waals surface area (Å²) in [6.45, 7) is -3.71. The number of aliphatic carboxylic acids is 1. The Kier molecular flexibility index (Phi) is 5.66. The highest BCUT2D eigenvalue weighted by molar-refractivity contribution is 5.92. The molecule has 0 saturated heterocycles. The lowest BCUT2D eigenvalue weighted by Crippen LogP contribution is -2.45. The topological polar surface area (TPSA) is 108 Å². The van der Waals surface area contributed by atoms with Crippen molar-refractivity contribution >= 4 is 17.7 Å². The van der Waals surface area contributed by atoms with Crippen molar-refractivity contribution in [2.24, 2.45) is 0 Å². The molecule has 4 N–H and O–H groups in total. The Bertz CT molecular complexity index is 466. The molecular formula is C11H12F2N2O5. The van der Waals surface area contributed by atoms with Gasteiger partial charge in [-0.1, -0.05) is 0 Å². The summed E-state index contributed by atoms with van der Waals surface area (Å²) in [6, 6.07) is 2.73. The van der Waals surface area contributed by atoms with Gasteiger partial charge < -0.3 is 25.6 Å². The molecule has 110 valence electrons. The number of ether oxygens (including phenoxy) is 1. The number of aliphatic hydroxyl groups excluding tert-OH is 1. The number of hydrogen-bond acceptors (Lipinski definition) is 4. The van der Waals surface area contributed by atoms with E-state index in [4.69, 9.17) is 10.2 Å². The Balaban J connectivity index is 2.55. The second kappa shape index (κ2) is 7.24. The third-order valence-corrected chi connectivity index (χ3v) is 2.12. The molecule has 20 heavy (non-hydrogen) atoms. The second-order valence-electron chi connectivity index (χ2n) is 3.57. The Morgan fingerprint density at radius 1 is 1.25 bits per heavy atom. The summed E-state index contributed by atoms with van der Waals surface area (Å²) in [4.78, 5) is 22.0. The van der Waals surface area contributed by atoms with Crippen molar-refractivity contribution in [1.82, 2.24) is 5.32 Å². The Morgan fingerprint density at radius 2 is 1.85 bits per heavy atom. The van der Waals surface area contributed by atoms with E-state index in [1.807, 2.05) is 5.32 Å². The predicted molar refractivity (Wildman–Crippen MR) is 63.7 cm³/mol. The van der Waals surface area contributed by atoms with Crippen LogP contribution < -0.4 is 15.4 Å². The van der Waals surface area contributed by atoms with Crippen LogP contribution in [0.2, 0.25) is 0 Å². The lowest BCUT2D eigenvalue weighted by molar-refractivity contribution is -0.140. The number of carbonyl (C=O) groups excluding carboxylic acids is 1. The number of nitrogens with one attached hydrogen (secondary N) is 2. The first-order chi connectivity index (χ1) is 9.42. The van der Waals surface area contributed by atoms with Crippen LogP contribution >= 0.6 is 0 Å². The minimum atomic E-state index is -2.95. The van der Waals surface area contributed by atoms with Crippen molar-refractivity contribution in [2.75, 3.05) is 11.9 Å². The van der Waals surface area contributed by atoms with Gasteiger partial charge in [-0.15, -0.1) is 0 Å². The van der Waals surface area contributed by atoms with Crippen LogP contribution in [0.5, 0.6) is 5.75 Å². The molecule has 0 radical (unpaired) electrons. The van der Waals surface area contributed by atoms with Crippen molar-refractivity contribution in [3.05, 3.63) is 24.3 Å². The highest BCUT2D eigenvalue weighted by Crippen LogP contribution is 2.17. The molecule has 0 saturated carbocycles. The maximum absolute atomic E-state index is 11.9. The zero-order valence-electron chi connectivity index (χ0n) is 10.0. The molecule has 1 atom stereocenters. The molecule has 0 aliphatic rings. The number of halogens is 2. The molecule has 0 aromatic heterocycles. The molecule has 1 aromatic carbocycles. The fourth-order valence-electron chi connectivity index (χ4n) is 1.23. The minimum absolute atomic E-state index is 0.0790. The zero-order chi connectivity index (χ0) is 15.1. The van der Waals surface area contributed by atoms with E-state index >= 15 is 0 Å². The number of benzene rings is 1. The molecule has 0 bridgehead atoms. The summed E-state index contributed by atoms with van der Waals surface area (Å²) in [7, 11) is 0. The number of carboxylic acids is 1. The van der Waals surface area contributed by atoms with Gasteiger partial charge in [0, 0.05) is 5.69 Å². The third-order valence-electron chi connectivity index (χ3n) is 2.12. The Hall–Kier alpha value is -2.42. The molecule has 0 aliphatic carbocycles. The number of alkyl halides is 2. The van der Waals surface area contributed by atoms with Crippen molar-refractivity contribution in [3.63, 3.8) is 0 Å². The molecule has 2 amide bonds. The average molecular weight is 290 g/mol. The van der Waals surface area contributed by atoms with E-state index in [0.29, 0.717) is 0 Å². The quantitative estimate of drug-likeness (QED) is 0.621. The monoisotopic (exact) mass is 290 g/mol. The molecule has 1 rings (SSSR count). The molecular weight excluding hydrogens is 278 g/mol. The SMILES string of the molecule is O=C(Nc1ccc(OC(F)F)cc1)N[C@H](CO)C(=O)O. The van der Waals surface area contributed by atoms with Gasteiger partial charge in [-0.3, -0.25) is 0 Å². The number of amides is 2. The first kappa shape index (κ1) is 15.6. The van der Waals surface area contributed by atoms with E-state index in [9.17, 15) is 18.4 Å². The van der Waals surface area contributed by atoms with Crippen LogP contribution in [0, 0.1) is 0 Å². The van der Waals surface area contributed by atoms with E-state index in [-0.39, 0.29) is 11.4 Å². The van der Waals surface area contributed by atoms with Crippen LogP contribution in [0.1, 0.15) is 0 Å². The number of hydrogen-bond donors (Lipinski definition) is 4. The minimum Gasteiger partial charge on any atom is -0.480 e. The molecule has 0 spiro atoms. The Labute approximate surface area is 112 Å². The van der Waals surface area contributed by atoms with E-state index in [0.717, 1.165) is 0 Å². The van der Waals surface area contributed by atoms with Gasteiger partial charge in [-0.25, -0.2) is 9.59 Å². The third kappa shape index (κ3) is 5.06. The van der Waals surface area contributed by atoms with Crippen LogP contribution in [0.15, 0.2) is 24.3 Å². The summed E-state index contributed by atoms with van der Waals surface area (Å²) < 4.78 is 27.9. The highest BCUT2D eigenvalue weighted by Gasteiger charge is 2.18. The van der Waals surface area contributed by atoms with Crippen molar-refractivity contribution in [2.45, 2.75) is 12.7 Å². The van der Waals surface area contributed by atoms with Crippen LogP contribution in [0.3, 0.4) is 0 Å². The second-order valence-corrected chi connectivity index (χ2v) is 3.57. The number of carbonyl (C=O) groups is 2. The van der Waals surface area contributed by atoms with Crippen molar-refractivity contribution < 1.29 is 33.3 Å². The molecule has 0 fully saturated rings. The van der Waals surface area contributed by atoms with Crippen LogP contribution in [-0.2, 0) is 4.79 Å². The number of rotatable bonds is 6. The van der Waals surface area contributed by atoms with Gasteiger partial charge in [0.25, 0.3) is 0 Å².